The summed E-state index contributed by atoms with van der Waals surface area (Å²) in [5.41, 5.74) is 5.76. The summed E-state index contributed by atoms with van der Waals surface area (Å²) in [7, 11) is 1.37. The van der Waals surface area contributed by atoms with Gasteiger partial charge in [0.05, 0.1) is 12.7 Å². The van der Waals surface area contributed by atoms with E-state index in [0.717, 1.165) is 35.7 Å². The predicted octanol–water partition coefficient (Wildman–Crippen LogP) is 5.18. The van der Waals surface area contributed by atoms with E-state index in [1.54, 1.807) is 24.3 Å². The molecule has 3 aromatic rings. The molecule has 29 heavy (non-hydrogen) atoms. The highest BCUT2D eigenvalue weighted by Gasteiger charge is 2.10. The summed E-state index contributed by atoms with van der Waals surface area (Å²) in [6, 6.07) is 15.3. The molecule has 6 nitrogen and oxygen atoms in total. The number of benzene rings is 2. The number of hydrogen-bond donors (Lipinski definition) is 2. The molecule has 0 unspecified atom stereocenters. The van der Waals surface area contributed by atoms with Crippen molar-refractivity contribution in [2.24, 2.45) is 0 Å². The fourth-order valence-electron chi connectivity index (χ4n) is 3.16. The lowest BCUT2D eigenvalue weighted by Gasteiger charge is -2.16. The van der Waals surface area contributed by atoms with Crippen LogP contribution in [0.2, 0.25) is 0 Å². The average molecular weight is 390 g/mol. The maximum absolute atomic E-state index is 11.6. The summed E-state index contributed by atoms with van der Waals surface area (Å²) >= 11 is 0. The van der Waals surface area contributed by atoms with Gasteiger partial charge in [0.15, 0.2) is 0 Å². The Morgan fingerprint density at radius 2 is 1.62 bits per heavy atom. The zero-order valence-corrected chi connectivity index (χ0v) is 17.2. The number of para-hydroxylation sites is 1. The number of aryl methyl sites for hydroxylation is 3. The molecule has 0 radical (unpaired) electrons. The lowest BCUT2D eigenvalue weighted by Crippen LogP contribution is -2.05. The molecular formula is C23H26N4O2. The molecule has 0 aliphatic carbocycles. The number of aromatic nitrogens is 2. The second kappa shape index (κ2) is 9.19. The fraction of sp³-hybridized carbons (Fsp3) is 0.261. The van der Waals surface area contributed by atoms with Gasteiger partial charge in [0.2, 0.25) is 5.95 Å². The van der Waals surface area contributed by atoms with Crippen molar-refractivity contribution < 1.29 is 9.53 Å². The van der Waals surface area contributed by atoms with E-state index in [2.05, 4.69) is 52.6 Å². The molecule has 3 rings (SSSR count). The number of nitrogens with zero attached hydrogens (tertiary/aromatic N) is 2. The van der Waals surface area contributed by atoms with Gasteiger partial charge < -0.3 is 15.4 Å². The first-order valence-corrected chi connectivity index (χ1v) is 9.72. The molecule has 0 aliphatic heterocycles. The van der Waals surface area contributed by atoms with Crippen LogP contribution in [0, 0.1) is 6.92 Å². The second-order valence-corrected chi connectivity index (χ2v) is 6.70. The van der Waals surface area contributed by atoms with Crippen molar-refractivity contribution in [3.8, 4) is 0 Å². The predicted molar refractivity (Wildman–Crippen MR) is 116 cm³/mol. The van der Waals surface area contributed by atoms with Gasteiger partial charge in [-0.3, -0.25) is 0 Å². The largest absolute Gasteiger partial charge is 0.465 e. The summed E-state index contributed by atoms with van der Waals surface area (Å²) in [6.45, 7) is 6.23. The molecule has 1 heterocycles. The fourth-order valence-corrected chi connectivity index (χ4v) is 3.16. The standard InChI is InChI=1S/C23H26N4O2/c1-5-16-8-7-9-17(6-2)21(16)26-20-14-15(3)24-23(27-20)25-19-12-10-18(11-13-19)22(28)29-4/h7-14H,5-6H2,1-4H3,(H2,24,25,26,27). The van der Waals surface area contributed by atoms with Gasteiger partial charge in [0.1, 0.15) is 5.82 Å². The monoisotopic (exact) mass is 390 g/mol. The Kier molecular flexibility index (Phi) is 6.44. The molecule has 0 atom stereocenters. The Labute approximate surface area is 171 Å². The number of rotatable bonds is 7. The first kappa shape index (κ1) is 20.3. The Balaban J connectivity index is 1.85. The van der Waals surface area contributed by atoms with Crippen LogP contribution in [0.15, 0.2) is 48.5 Å². The summed E-state index contributed by atoms with van der Waals surface area (Å²) in [5.74, 6) is 0.864. The third-order valence-electron chi connectivity index (χ3n) is 4.67. The van der Waals surface area contributed by atoms with Crippen molar-refractivity contribution in [1.82, 2.24) is 9.97 Å². The van der Waals surface area contributed by atoms with Gasteiger partial charge in [-0.2, -0.15) is 4.98 Å². The smallest absolute Gasteiger partial charge is 0.337 e. The Morgan fingerprint density at radius 3 is 2.21 bits per heavy atom. The van der Waals surface area contributed by atoms with Crippen LogP contribution in [0.3, 0.4) is 0 Å². The molecule has 0 bridgehead atoms. The summed E-state index contributed by atoms with van der Waals surface area (Å²) in [5, 5.41) is 6.69. The van der Waals surface area contributed by atoms with Crippen LogP contribution >= 0.6 is 0 Å². The topological polar surface area (TPSA) is 76.1 Å². The SMILES string of the molecule is CCc1cccc(CC)c1Nc1cc(C)nc(Nc2ccc(C(=O)OC)cc2)n1. The van der Waals surface area contributed by atoms with Gasteiger partial charge >= 0.3 is 5.97 Å². The van der Waals surface area contributed by atoms with E-state index in [-0.39, 0.29) is 5.97 Å². The molecular weight excluding hydrogens is 364 g/mol. The first-order chi connectivity index (χ1) is 14.0. The van der Waals surface area contributed by atoms with Gasteiger partial charge in [-0.15, -0.1) is 0 Å². The summed E-state index contributed by atoms with van der Waals surface area (Å²) in [4.78, 5) is 20.7. The van der Waals surface area contributed by atoms with Crippen molar-refractivity contribution in [2.75, 3.05) is 17.7 Å². The normalized spacial score (nSPS) is 10.5. The van der Waals surface area contributed by atoms with Gasteiger partial charge in [0, 0.05) is 23.1 Å². The molecule has 6 heteroatoms. The van der Waals surface area contributed by atoms with Gasteiger partial charge in [-0.25, -0.2) is 9.78 Å². The minimum absolute atomic E-state index is 0.365. The molecule has 2 N–H and O–H groups in total. The van der Waals surface area contributed by atoms with E-state index in [9.17, 15) is 4.79 Å². The van der Waals surface area contributed by atoms with E-state index in [4.69, 9.17) is 4.74 Å². The van der Waals surface area contributed by atoms with Crippen LogP contribution < -0.4 is 10.6 Å². The van der Waals surface area contributed by atoms with Crippen LogP contribution in [0.25, 0.3) is 0 Å². The summed E-state index contributed by atoms with van der Waals surface area (Å²) < 4.78 is 4.73. The quantitative estimate of drug-likeness (QED) is 0.541. The first-order valence-electron chi connectivity index (χ1n) is 9.72. The van der Waals surface area contributed by atoms with E-state index in [0.29, 0.717) is 11.5 Å². The van der Waals surface area contributed by atoms with E-state index in [1.807, 2.05) is 13.0 Å². The van der Waals surface area contributed by atoms with Crippen LogP contribution in [0.1, 0.15) is 41.0 Å². The van der Waals surface area contributed by atoms with Crippen molar-refractivity contribution in [3.05, 3.63) is 70.9 Å². The minimum atomic E-state index is -0.365. The van der Waals surface area contributed by atoms with Crippen molar-refractivity contribution in [2.45, 2.75) is 33.6 Å². The average Bonchev–Trinajstić information content (AvgIpc) is 2.73. The number of nitrogens with one attached hydrogen (secondary N) is 2. The van der Waals surface area contributed by atoms with E-state index < -0.39 is 0 Å². The molecule has 2 aromatic carbocycles. The number of carbonyl (C=O) groups is 1. The lowest BCUT2D eigenvalue weighted by molar-refractivity contribution is 0.0601. The maximum Gasteiger partial charge on any atom is 0.337 e. The van der Waals surface area contributed by atoms with Crippen LogP contribution in [-0.2, 0) is 17.6 Å². The summed E-state index contributed by atoms with van der Waals surface area (Å²) in [6.07, 6.45) is 1.88. The number of methoxy groups -OCH3 is 1. The van der Waals surface area contributed by atoms with E-state index >= 15 is 0 Å². The Bertz CT molecular complexity index is 978. The number of ether oxygens (including phenoxy) is 1. The zero-order valence-electron chi connectivity index (χ0n) is 17.2. The van der Waals surface area contributed by atoms with Crippen molar-refractivity contribution >= 4 is 29.1 Å². The van der Waals surface area contributed by atoms with Crippen molar-refractivity contribution in [1.29, 1.82) is 0 Å². The second-order valence-electron chi connectivity index (χ2n) is 6.70. The number of hydrogen-bond acceptors (Lipinski definition) is 6. The highest BCUT2D eigenvalue weighted by atomic mass is 16.5. The van der Waals surface area contributed by atoms with Gasteiger partial charge in [-0.05, 0) is 55.2 Å². The van der Waals surface area contributed by atoms with Crippen LogP contribution in [0.4, 0.5) is 23.1 Å². The lowest BCUT2D eigenvalue weighted by atomic mass is 10.0. The molecule has 1 aromatic heterocycles. The maximum atomic E-state index is 11.6. The van der Waals surface area contributed by atoms with Gasteiger partial charge in [-0.1, -0.05) is 32.0 Å². The molecule has 0 aliphatic rings. The molecule has 0 saturated heterocycles. The van der Waals surface area contributed by atoms with Gasteiger partial charge in [0.25, 0.3) is 0 Å². The number of anilines is 4. The zero-order chi connectivity index (χ0) is 20.8. The number of esters is 1. The molecule has 0 fully saturated rings. The highest BCUT2D eigenvalue weighted by molar-refractivity contribution is 5.89. The minimum Gasteiger partial charge on any atom is -0.465 e. The molecule has 150 valence electrons. The molecule has 0 amide bonds. The van der Waals surface area contributed by atoms with Crippen LogP contribution in [0.5, 0.6) is 0 Å². The van der Waals surface area contributed by atoms with Crippen molar-refractivity contribution in [3.63, 3.8) is 0 Å². The molecule has 0 spiro atoms. The third-order valence-corrected chi connectivity index (χ3v) is 4.67. The molecule has 0 saturated carbocycles. The number of carbonyl (C=O) groups excluding carboxylic acids is 1. The Morgan fingerprint density at radius 1 is 0.966 bits per heavy atom. The van der Waals surface area contributed by atoms with E-state index in [1.165, 1.54) is 18.2 Å². The highest BCUT2D eigenvalue weighted by Crippen LogP contribution is 2.27. The third kappa shape index (κ3) is 4.90. The van der Waals surface area contributed by atoms with Crippen LogP contribution in [-0.4, -0.2) is 23.0 Å². The Hall–Kier alpha value is -3.41.